The van der Waals surface area contributed by atoms with Crippen LogP contribution in [0.1, 0.15) is 32.5 Å². The molecule has 3 amide bonds. The highest BCUT2D eigenvalue weighted by Crippen LogP contribution is 2.37. The van der Waals surface area contributed by atoms with E-state index in [-0.39, 0.29) is 11.6 Å². The maximum absolute atomic E-state index is 13.5. The van der Waals surface area contributed by atoms with Gasteiger partial charge in [-0.2, -0.15) is 0 Å². The van der Waals surface area contributed by atoms with Crippen molar-refractivity contribution in [2.45, 2.75) is 17.1 Å². The van der Waals surface area contributed by atoms with Gasteiger partial charge < -0.3 is 20.5 Å². The van der Waals surface area contributed by atoms with E-state index in [4.69, 9.17) is 16.1 Å². The van der Waals surface area contributed by atoms with Gasteiger partial charge >= 0.3 is 0 Å². The third-order valence-electron chi connectivity index (χ3n) is 6.30. The lowest BCUT2D eigenvalue weighted by Crippen LogP contribution is -2.30. The fourth-order valence-corrected chi connectivity index (χ4v) is 5.46. The quantitative estimate of drug-likeness (QED) is 0.110. The van der Waals surface area contributed by atoms with Crippen molar-refractivity contribution in [3.05, 3.63) is 148 Å². The Labute approximate surface area is 263 Å². The number of benzene rings is 4. The molecule has 0 aliphatic carbocycles. The van der Waals surface area contributed by atoms with Crippen LogP contribution in [-0.2, 0) is 9.59 Å². The van der Waals surface area contributed by atoms with Gasteiger partial charge in [-0.25, -0.2) is 0 Å². The molecule has 0 fully saturated rings. The molecule has 1 aromatic heterocycles. The van der Waals surface area contributed by atoms with E-state index in [0.717, 1.165) is 10.5 Å². The second-order valence-electron chi connectivity index (χ2n) is 9.60. The minimum atomic E-state index is -0.625. The molecule has 0 saturated heterocycles. The van der Waals surface area contributed by atoms with Gasteiger partial charge in [-0.15, -0.1) is 11.8 Å². The van der Waals surface area contributed by atoms with Crippen molar-refractivity contribution in [2.75, 3.05) is 10.6 Å². The fourth-order valence-electron chi connectivity index (χ4n) is 4.19. The monoisotopic (exact) mass is 622 g/mol. The molecular formula is C34H27ClN4O4S. The summed E-state index contributed by atoms with van der Waals surface area (Å²) in [5.41, 5.74) is 2.23. The third-order valence-corrected chi connectivity index (χ3v) is 7.89. The third kappa shape index (κ3) is 8.03. The summed E-state index contributed by atoms with van der Waals surface area (Å²) in [5.74, 6) is -0.365. The fraction of sp³-hybridized carbons (Fsp3) is 0.0588. The Bertz CT molecular complexity index is 1810. The van der Waals surface area contributed by atoms with Crippen LogP contribution >= 0.6 is 23.4 Å². The molecular weight excluding hydrogens is 596 g/mol. The molecule has 0 radical (unpaired) electrons. The largest absolute Gasteiger partial charge is 0.360 e. The van der Waals surface area contributed by atoms with Gasteiger partial charge in [-0.3, -0.25) is 14.4 Å². The van der Waals surface area contributed by atoms with Gasteiger partial charge in [-0.1, -0.05) is 89.6 Å². The molecule has 3 N–H and O–H groups in total. The van der Waals surface area contributed by atoms with Crippen molar-refractivity contribution >= 4 is 58.7 Å². The van der Waals surface area contributed by atoms with E-state index < -0.39 is 17.1 Å². The summed E-state index contributed by atoms with van der Waals surface area (Å²) in [6.07, 6.45) is 1.53. The zero-order valence-electron chi connectivity index (χ0n) is 23.5. The van der Waals surface area contributed by atoms with Gasteiger partial charge in [0, 0.05) is 27.2 Å². The van der Waals surface area contributed by atoms with E-state index in [9.17, 15) is 14.4 Å². The Morgan fingerprint density at radius 1 is 0.841 bits per heavy atom. The number of amides is 3. The van der Waals surface area contributed by atoms with Crippen molar-refractivity contribution in [1.82, 2.24) is 10.5 Å². The van der Waals surface area contributed by atoms with Crippen LogP contribution in [0.15, 0.2) is 130 Å². The zero-order valence-corrected chi connectivity index (χ0v) is 25.1. The first-order valence-electron chi connectivity index (χ1n) is 13.6. The van der Waals surface area contributed by atoms with Gasteiger partial charge in [0.25, 0.3) is 11.8 Å². The van der Waals surface area contributed by atoms with Crippen molar-refractivity contribution in [3.8, 4) is 0 Å². The van der Waals surface area contributed by atoms with Gasteiger partial charge in [0.2, 0.25) is 5.91 Å². The first kappa shape index (κ1) is 30.3. The first-order chi connectivity index (χ1) is 21.4. The Hall–Kier alpha value is -5.12. The summed E-state index contributed by atoms with van der Waals surface area (Å²) in [6, 6.07) is 33.7. The van der Waals surface area contributed by atoms with Crippen LogP contribution in [0.3, 0.4) is 0 Å². The highest BCUT2D eigenvalue weighted by Gasteiger charge is 2.24. The number of anilines is 2. The van der Waals surface area contributed by atoms with Crippen molar-refractivity contribution in [3.63, 3.8) is 0 Å². The van der Waals surface area contributed by atoms with Crippen molar-refractivity contribution in [1.29, 1.82) is 0 Å². The molecule has 1 heterocycles. The molecule has 10 heteroatoms. The van der Waals surface area contributed by atoms with Gasteiger partial charge in [0.1, 0.15) is 16.7 Å². The molecule has 4 aromatic carbocycles. The number of hydrogen-bond acceptors (Lipinski definition) is 6. The molecule has 1 unspecified atom stereocenters. The van der Waals surface area contributed by atoms with Crippen LogP contribution in [-0.4, -0.2) is 22.9 Å². The van der Waals surface area contributed by atoms with E-state index in [2.05, 4.69) is 21.1 Å². The number of carbonyl (C=O) groups excluding carboxylic acids is 3. The van der Waals surface area contributed by atoms with Crippen molar-refractivity contribution in [2.24, 2.45) is 0 Å². The summed E-state index contributed by atoms with van der Waals surface area (Å²) < 4.78 is 5.08. The summed E-state index contributed by atoms with van der Waals surface area (Å²) in [5, 5.41) is 12.1. The summed E-state index contributed by atoms with van der Waals surface area (Å²) >= 11 is 7.67. The van der Waals surface area contributed by atoms with Crippen LogP contribution < -0.4 is 16.0 Å². The first-order valence-corrected chi connectivity index (χ1v) is 14.8. The Morgan fingerprint density at radius 3 is 2.25 bits per heavy atom. The number of nitrogens with zero attached hydrogens (tertiary/aromatic N) is 1. The lowest BCUT2D eigenvalue weighted by atomic mass is 10.1. The van der Waals surface area contributed by atoms with E-state index in [1.165, 1.54) is 17.8 Å². The molecule has 0 bridgehead atoms. The number of aryl methyl sites for hydroxylation is 1. The molecule has 1 atom stereocenters. The van der Waals surface area contributed by atoms with E-state index in [1.54, 1.807) is 85.8 Å². The second kappa shape index (κ2) is 14.4. The number of hydrogen-bond donors (Lipinski definition) is 3. The molecule has 44 heavy (non-hydrogen) atoms. The average Bonchev–Trinajstić information content (AvgIpc) is 3.45. The second-order valence-corrected chi connectivity index (χ2v) is 11.2. The predicted octanol–water partition coefficient (Wildman–Crippen LogP) is 7.52. The number of nitrogens with one attached hydrogen (secondary N) is 3. The van der Waals surface area contributed by atoms with Crippen molar-refractivity contribution < 1.29 is 18.9 Å². The standard InChI is InChI=1S/C34H27ClN4O4S/c1-22-19-30(39-43-22)38-34(42)31(23-11-4-2-5-12-23)44-27-17-10-16-26(21-27)36-33(41)29(20-25-15-8-9-18-28(25)35)37-32(40)24-13-6-3-7-14-24/h2-21,31H,1H3,(H,36,41)(H,37,40)(H,38,39,42)/b29-20+. The normalized spacial score (nSPS) is 11.8. The summed E-state index contributed by atoms with van der Waals surface area (Å²) in [6.45, 7) is 1.74. The van der Waals surface area contributed by atoms with Gasteiger partial charge in [-0.05, 0) is 60.5 Å². The summed E-state index contributed by atoms with van der Waals surface area (Å²) in [7, 11) is 0. The Morgan fingerprint density at radius 2 is 1.55 bits per heavy atom. The lowest BCUT2D eigenvalue weighted by molar-refractivity contribution is -0.116. The molecule has 0 aliphatic rings. The van der Waals surface area contributed by atoms with Gasteiger partial charge in [0.15, 0.2) is 5.82 Å². The molecule has 0 spiro atoms. The average molecular weight is 623 g/mol. The minimum Gasteiger partial charge on any atom is -0.360 e. The molecule has 5 aromatic rings. The van der Waals surface area contributed by atoms with E-state index in [0.29, 0.717) is 33.4 Å². The molecule has 5 rings (SSSR count). The highest BCUT2D eigenvalue weighted by atomic mass is 35.5. The summed E-state index contributed by atoms with van der Waals surface area (Å²) in [4.78, 5) is 40.6. The predicted molar refractivity (Wildman–Crippen MR) is 173 cm³/mol. The van der Waals surface area contributed by atoms with E-state index >= 15 is 0 Å². The highest BCUT2D eigenvalue weighted by molar-refractivity contribution is 8.00. The maximum atomic E-state index is 13.5. The van der Waals surface area contributed by atoms with E-state index in [1.807, 2.05) is 36.4 Å². The number of halogens is 1. The topological polar surface area (TPSA) is 113 Å². The molecule has 220 valence electrons. The van der Waals surface area contributed by atoms with Crippen LogP contribution in [0.5, 0.6) is 0 Å². The number of thioether (sulfide) groups is 1. The Balaban J connectivity index is 1.38. The minimum absolute atomic E-state index is 0.00875. The molecule has 8 nitrogen and oxygen atoms in total. The number of carbonyl (C=O) groups is 3. The zero-order chi connectivity index (χ0) is 30.9. The van der Waals surface area contributed by atoms with Gasteiger partial charge in [0.05, 0.1) is 0 Å². The van der Waals surface area contributed by atoms with Crippen LogP contribution in [0.4, 0.5) is 11.5 Å². The lowest BCUT2D eigenvalue weighted by Gasteiger charge is -2.17. The number of aromatic nitrogens is 1. The molecule has 0 saturated carbocycles. The maximum Gasteiger partial charge on any atom is 0.272 e. The van der Waals surface area contributed by atoms with Crippen LogP contribution in [0.25, 0.3) is 6.08 Å². The van der Waals surface area contributed by atoms with Crippen LogP contribution in [0, 0.1) is 6.92 Å². The number of rotatable bonds is 10. The van der Waals surface area contributed by atoms with Crippen LogP contribution in [0.2, 0.25) is 5.02 Å². The SMILES string of the molecule is Cc1cc(NC(=O)C(Sc2cccc(NC(=O)/C(=C\c3ccccc3Cl)NC(=O)c3ccccc3)c2)c2ccccc2)no1. The molecule has 0 aliphatic heterocycles. The smallest absolute Gasteiger partial charge is 0.272 e. The Kier molecular flexibility index (Phi) is 9.91.